The molecule has 3 rings (SSSR count). The molecule has 1 saturated carbocycles. The van der Waals surface area contributed by atoms with Crippen molar-refractivity contribution in [2.24, 2.45) is 0 Å². The molecule has 1 fully saturated rings. The highest BCUT2D eigenvalue weighted by molar-refractivity contribution is 9.10. The van der Waals surface area contributed by atoms with E-state index in [0.29, 0.717) is 0 Å². The fraction of sp³-hybridized carbons (Fsp3) is 0.364. The third-order valence-corrected chi connectivity index (χ3v) is 3.57. The summed E-state index contributed by atoms with van der Waals surface area (Å²) >= 11 is 3.39. The van der Waals surface area contributed by atoms with Crippen LogP contribution in [0.25, 0.3) is 0 Å². The Morgan fingerprint density at radius 3 is 2.87 bits per heavy atom. The Labute approximate surface area is 95.9 Å². The van der Waals surface area contributed by atoms with E-state index in [0.717, 1.165) is 35.2 Å². The van der Waals surface area contributed by atoms with Crippen LogP contribution in [-0.2, 0) is 4.79 Å². The first-order chi connectivity index (χ1) is 7.20. The summed E-state index contributed by atoms with van der Waals surface area (Å²) in [4.78, 5) is 11.8. The fourth-order valence-corrected chi connectivity index (χ4v) is 2.34. The van der Waals surface area contributed by atoms with Gasteiger partial charge in [0.2, 0.25) is 0 Å². The molecule has 0 atom stereocenters. The van der Waals surface area contributed by atoms with Gasteiger partial charge in [-0.05, 0) is 37.5 Å². The number of carbonyl (C=O) groups excluding carboxylic acids is 1. The van der Waals surface area contributed by atoms with Gasteiger partial charge in [-0.15, -0.1) is 0 Å². The van der Waals surface area contributed by atoms with Crippen molar-refractivity contribution in [1.29, 1.82) is 0 Å². The van der Waals surface area contributed by atoms with Gasteiger partial charge in [0.15, 0.2) is 5.60 Å². The molecule has 0 radical (unpaired) electrons. The number of rotatable bonds is 0. The minimum absolute atomic E-state index is 0.00331. The summed E-state index contributed by atoms with van der Waals surface area (Å²) in [6.45, 7) is 0. The number of anilines is 1. The highest BCUT2D eigenvalue weighted by atomic mass is 79.9. The van der Waals surface area contributed by atoms with E-state index in [9.17, 15) is 4.79 Å². The summed E-state index contributed by atoms with van der Waals surface area (Å²) in [6, 6.07) is 5.64. The molecule has 1 aliphatic carbocycles. The minimum atomic E-state index is -0.576. The summed E-state index contributed by atoms with van der Waals surface area (Å²) in [7, 11) is 0. The van der Waals surface area contributed by atoms with Gasteiger partial charge >= 0.3 is 0 Å². The molecule has 3 nitrogen and oxygen atoms in total. The Bertz CT molecular complexity index is 440. The van der Waals surface area contributed by atoms with Crippen molar-refractivity contribution < 1.29 is 9.53 Å². The normalized spacial score (nSPS) is 21.3. The van der Waals surface area contributed by atoms with Crippen LogP contribution in [0.4, 0.5) is 5.69 Å². The molecular weight excluding hydrogens is 258 g/mol. The molecule has 0 unspecified atom stereocenters. The van der Waals surface area contributed by atoms with Gasteiger partial charge < -0.3 is 10.1 Å². The first kappa shape index (κ1) is 9.21. The quantitative estimate of drug-likeness (QED) is 0.785. The van der Waals surface area contributed by atoms with E-state index in [1.54, 1.807) is 0 Å². The number of benzene rings is 1. The maximum Gasteiger partial charge on any atom is 0.268 e. The first-order valence-corrected chi connectivity index (χ1v) is 5.79. The molecule has 1 spiro atoms. The average Bonchev–Trinajstić information content (AvgIpc) is 2.15. The molecule has 1 aromatic carbocycles. The van der Waals surface area contributed by atoms with Crippen LogP contribution in [0.5, 0.6) is 5.75 Å². The van der Waals surface area contributed by atoms with Crippen LogP contribution < -0.4 is 10.1 Å². The maximum atomic E-state index is 11.8. The molecule has 0 saturated heterocycles. The number of carbonyl (C=O) groups is 1. The second kappa shape index (κ2) is 2.98. The second-order valence-corrected chi connectivity index (χ2v) is 4.96. The Balaban J connectivity index is 2.03. The molecule has 4 heteroatoms. The maximum absolute atomic E-state index is 11.8. The highest BCUT2D eigenvalue weighted by Gasteiger charge is 2.49. The molecule has 15 heavy (non-hydrogen) atoms. The minimum Gasteiger partial charge on any atom is -0.475 e. The van der Waals surface area contributed by atoms with Crippen LogP contribution in [0.1, 0.15) is 19.3 Å². The summed E-state index contributed by atoms with van der Waals surface area (Å²) in [5.74, 6) is 0.771. The van der Waals surface area contributed by atoms with E-state index in [-0.39, 0.29) is 5.91 Å². The van der Waals surface area contributed by atoms with Crippen LogP contribution in [0.3, 0.4) is 0 Å². The summed E-state index contributed by atoms with van der Waals surface area (Å²) in [5, 5.41) is 2.90. The molecule has 1 heterocycles. The standard InChI is InChI=1S/C11H10BrNO2/c12-7-2-3-8-9(6-7)15-11(4-1-5-11)10(14)13-8/h2-3,6H,1,4-5H2,(H,13,14). The molecule has 1 N–H and O–H groups in total. The number of amides is 1. The Kier molecular flexibility index (Phi) is 1.83. The van der Waals surface area contributed by atoms with Gasteiger partial charge in [-0.3, -0.25) is 4.79 Å². The Morgan fingerprint density at radius 2 is 2.20 bits per heavy atom. The lowest BCUT2D eigenvalue weighted by Gasteiger charge is -2.43. The molecule has 1 aliphatic heterocycles. The van der Waals surface area contributed by atoms with Crippen LogP contribution in [0.2, 0.25) is 0 Å². The van der Waals surface area contributed by atoms with Crippen molar-refractivity contribution in [3.05, 3.63) is 22.7 Å². The largest absolute Gasteiger partial charge is 0.475 e. The first-order valence-electron chi connectivity index (χ1n) is 5.00. The van der Waals surface area contributed by atoms with E-state index >= 15 is 0 Å². The van der Waals surface area contributed by atoms with Gasteiger partial charge in [0, 0.05) is 4.47 Å². The monoisotopic (exact) mass is 267 g/mol. The van der Waals surface area contributed by atoms with E-state index in [2.05, 4.69) is 21.2 Å². The van der Waals surface area contributed by atoms with Gasteiger partial charge in [-0.1, -0.05) is 15.9 Å². The predicted molar refractivity (Wildman–Crippen MR) is 60.0 cm³/mol. The summed E-state index contributed by atoms with van der Waals surface area (Å²) in [6.07, 6.45) is 2.71. The molecule has 0 aromatic heterocycles. The van der Waals surface area contributed by atoms with Crippen LogP contribution >= 0.6 is 15.9 Å². The van der Waals surface area contributed by atoms with Crippen molar-refractivity contribution in [3.63, 3.8) is 0 Å². The van der Waals surface area contributed by atoms with E-state index < -0.39 is 5.60 Å². The van der Waals surface area contributed by atoms with Crippen molar-refractivity contribution in [2.45, 2.75) is 24.9 Å². The molecule has 78 valence electrons. The molecule has 0 bridgehead atoms. The van der Waals surface area contributed by atoms with Crippen LogP contribution in [0, 0.1) is 0 Å². The number of nitrogens with one attached hydrogen (secondary N) is 1. The van der Waals surface area contributed by atoms with Gasteiger partial charge in [0.1, 0.15) is 5.75 Å². The van der Waals surface area contributed by atoms with Gasteiger partial charge in [-0.25, -0.2) is 0 Å². The van der Waals surface area contributed by atoms with E-state index in [4.69, 9.17) is 4.74 Å². The lowest BCUT2D eigenvalue weighted by atomic mass is 9.78. The summed E-state index contributed by atoms with van der Waals surface area (Å²) < 4.78 is 6.77. The van der Waals surface area contributed by atoms with Gasteiger partial charge in [0.05, 0.1) is 5.69 Å². The third-order valence-electron chi connectivity index (χ3n) is 3.07. The number of ether oxygens (including phenoxy) is 1. The van der Waals surface area contributed by atoms with Gasteiger partial charge in [0.25, 0.3) is 5.91 Å². The average molecular weight is 268 g/mol. The predicted octanol–water partition coefficient (Wildman–Crippen LogP) is 2.70. The summed E-state index contributed by atoms with van der Waals surface area (Å²) in [5.41, 5.74) is 0.189. The van der Waals surface area contributed by atoms with Crippen molar-refractivity contribution in [2.75, 3.05) is 5.32 Å². The van der Waals surface area contributed by atoms with Crippen molar-refractivity contribution in [3.8, 4) is 5.75 Å². The highest BCUT2D eigenvalue weighted by Crippen LogP contribution is 2.44. The second-order valence-electron chi connectivity index (χ2n) is 4.04. The Hall–Kier alpha value is -1.03. The molecular formula is C11H10BrNO2. The van der Waals surface area contributed by atoms with Crippen molar-refractivity contribution in [1.82, 2.24) is 0 Å². The fourth-order valence-electron chi connectivity index (χ4n) is 2.00. The van der Waals surface area contributed by atoms with Crippen LogP contribution in [-0.4, -0.2) is 11.5 Å². The molecule has 1 amide bonds. The lowest BCUT2D eigenvalue weighted by molar-refractivity contribution is -0.139. The topological polar surface area (TPSA) is 38.3 Å². The number of halogens is 1. The number of fused-ring (bicyclic) bond motifs is 1. The molecule has 1 aromatic rings. The lowest BCUT2D eigenvalue weighted by Crippen LogP contribution is -2.55. The van der Waals surface area contributed by atoms with E-state index in [1.165, 1.54) is 0 Å². The molecule has 2 aliphatic rings. The van der Waals surface area contributed by atoms with Crippen LogP contribution in [0.15, 0.2) is 22.7 Å². The Morgan fingerprint density at radius 1 is 1.40 bits per heavy atom. The third kappa shape index (κ3) is 1.28. The van der Waals surface area contributed by atoms with Gasteiger partial charge in [-0.2, -0.15) is 0 Å². The zero-order valence-corrected chi connectivity index (χ0v) is 9.63. The van der Waals surface area contributed by atoms with Crippen molar-refractivity contribution >= 4 is 27.5 Å². The number of hydrogen-bond acceptors (Lipinski definition) is 2. The number of hydrogen-bond donors (Lipinski definition) is 1. The smallest absolute Gasteiger partial charge is 0.268 e. The van der Waals surface area contributed by atoms with E-state index in [1.807, 2.05) is 18.2 Å². The SMILES string of the molecule is O=C1Nc2ccc(Br)cc2OC12CCC2. The zero-order valence-electron chi connectivity index (χ0n) is 8.05. The zero-order chi connectivity index (χ0) is 10.5.